The molecule has 1 aliphatic carbocycles. The zero-order valence-electron chi connectivity index (χ0n) is 18.9. The molecule has 0 bridgehead atoms. The summed E-state index contributed by atoms with van der Waals surface area (Å²) in [5.41, 5.74) is 1.44. The fourth-order valence-corrected chi connectivity index (χ4v) is 6.05. The van der Waals surface area contributed by atoms with Gasteiger partial charge in [-0.3, -0.25) is 14.4 Å². The van der Waals surface area contributed by atoms with Gasteiger partial charge in [0.25, 0.3) is 0 Å². The van der Waals surface area contributed by atoms with E-state index in [1.54, 1.807) is 24.3 Å². The number of fused-ring (bicyclic) bond motifs is 1. The quantitative estimate of drug-likeness (QED) is 0.420. The van der Waals surface area contributed by atoms with E-state index < -0.39 is 32.7 Å². The van der Waals surface area contributed by atoms with Gasteiger partial charge in [0.2, 0.25) is 17.7 Å². The second kappa shape index (κ2) is 9.70. The Kier molecular flexibility index (Phi) is 6.86. The van der Waals surface area contributed by atoms with Gasteiger partial charge in [-0.1, -0.05) is 12.1 Å². The highest BCUT2D eigenvalue weighted by Gasteiger charge is 2.34. The monoisotopic (exact) mass is 518 g/mol. The molecule has 0 aliphatic heterocycles. The number of carbonyl (C=O) groups is 3. The molecule has 0 radical (unpaired) electrons. The molecule has 1 saturated carbocycles. The van der Waals surface area contributed by atoms with E-state index in [0.29, 0.717) is 16.0 Å². The Labute approximate surface area is 205 Å². The van der Waals surface area contributed by atoms with E-state index in [-0.39, 0.29) is 34.6 Å². The number of carbonyl (C=O) groups excluding carboxylic acids is 3. The number of sulfone groups is 1. The van der Waals surface area contributed by atoms with Crippen molar-refractivity contribution >= 4 is 54.8 Å². The van der Waals surface area contributed by atoms with Crippen molar-refractivity contribution in [3.05, 3.63) is 47.2 Å². The fraction of sp³-hybridized carbons (Fsp3) is 0.304. The Balaban J connectivity index is 1.63. The van der Waals surface area contributed by atoms with Crippen LogP contribution in [0.5, 0.6) is 0 Å². The summed E-state index contributed by atoms with van der Waals surface area (Å²) in [6.45, 7) is 1.02. The van der Waals surface area contributed by atoms with Gasteiger partial charge in [0, 0.05) is 36.5 Å². The number of hydrogen-bond acceptors (Lipinski definition) is 7. The second-order valence-electron chi connectivity index (χ2n) is 8.38. The SMILES string of the molecule is CC(=O)Nc1cccc(-c2cc3sc(C(C(=O)NCC(=O)NC4CC4)S(C)(=O)=O)nc3cc2F)c1. The van der Waals surface area contributed by atoms with Crippen molar-refractivity contribution in [3.8, 4) is 11.1 Å². The van der Waals surface area contributed by atoms with E-state index in [1.807, 2.05) is 0 Å². The predicted octanol–water partition coefficient (Wildman–Crippen LogP) is 2.54. The largest absolute Gasteiger partial charge is 0.352 e. The third kappa shape index (κ3) is 6.01. The number of hydrogen-bond donors (Lipinski definition) is 3. The first-order valence-electron chi connectivity index (χ1n) is 10.7. The van der Waals surface area contributed by atoms with Gasteiger partial charge in [-0.25, -0.2) is 17.8 Å². The number of amides is 3. The highest BCUT2D eigenvalue weighted by molar-refractivity contribution is 7.91. The van der Waals surface area contributed by atoms with E-state index in [0.717, 1.165) is 30.4 Å². The average molecular weight is 519 g/mol. The minimum atomic E-state index is -3.94. The molecule has 4 rings (SSSR count). The zero-order chi connectivity index (χ0) is 25.3. The molecule has 0 saturated heterocycles. The van der Waals surface area contributed by atoms with Crippen LogP contribution < -0.4 is 16.0 Å². The van der Waals surface area contributed by atoms with Gasteiger partial charge in [0.1, 0.15) is 10.8 Å². The fourth-order valence-electron chi connectivity index (χ4n) is 3.52. The molecule has 2 aromatic carbocycles. The number of thiazole rings is 1. The molecule has 3 amide bonds. The molecule has 0 spiro atoms. The highest BCUT2D eigenvalue weighted by Crippen LogP contribution is 2.35. The summed E-state index contributed by atoms with van der Waals surface area (Å²) in [6.07, 6.45) is 2.67. The summed E-state index contributed by atoms with van der Waals surface area (Å²) < 4.78 is 40.4. The number of nitrogens with zero attached hydrogens (tertiary/aromatic N) is 1. The van der Waals surface area contributed by atoms with Crippen LogP contribution in [0.25, 0.3) is 21.3 Å². The normalized spacial score (nSPS) is 14.4. The van der Waals surface area contributed by atoms with Gasteiger partial charge in [-0.15, -0.1) is 11.3 Å². The number of rotatable bonds is 8. The number of benzene rings is 2. The van der Waals surface area contributed by atoms with Crippen molar-refractivity contribution in [1.29, 1.82) is 0 Å². The Bertz CT molecular complexity index is 1430. The Morgan fingerprint density at radius 1 is 1.20 bits per heavy atom. The predicted molar refractivity (Wildman–Crippen MR) is 131 cm³/mol. The first-order valence-corrected chi connectivity index (χ1v) is 13.5. The Morgan fingerprint density at radius 2 is 1.94 bits per heavy atom. The summed E-state index contributed by atoms with van der Waals surface area (Å²) in [5, 5.41) is 6.06. The maximum absolute atomic E-state index is 15.0. The highest BCUT2D eigenvalue weighted by atomic mass is 32.2. The maximum atomic E-state index is 15.0. The van der Waals surface area contributed by atoms with Gasteiger partial charge in [0.05, 0.1) is 16.8 Å². The van der Waals surface area contributed by atoms with Crippen molar-refractivity contribution in [2.24, 2.45) is 0 Å². The van der Waals surface area contributed by atoms with Crippen LogP contribution in [0.15, 0.2) is 36.4 Å². The number of nitrogens with one attached hydrogen (secondary N) is 3. The lowest BCUT2D eigenvalue weighted by Gasteiger charge is -2.12. The first kappa shape index (κ1) is 24.7. The molecule has 12 heteroatoms. The van der Waals surface area contributed by atoms with Gasteiger partial charge in [0.15, 0.2) is 15.1 Å². The molecule has 184 valence electrons. The van der Waals surface area contributed by atoms with E-state index in [9.17, 15) is 27.2 Å². The Hall–Kier alpha value is -3.38. The molecular formula is C23H23FN4O5S2. The first-order chi connectivity index (χ1) is 16.5. The van der Waals surface area contributed by atoms with Crippen LogP contribution in [-0.4, -0.2) is 50.0 Å². The molecule has 35 heavy (non-hydrogen) atoms. The third-order valence-electron chi connectivity index (χ3n) is 5.24. The van der Waals surface area contributed by atoms with Crippen molar-refractivity contribution in [1.82, 2.24) is 15.6 Å². The summed E-state index contributed by atoms with van der Waals surface area (Å²) >= 11 is 0.960. The Morgan fingerprint density at radius 3 is 2.60 bits per heavy atom. The lowest BCUT2D eigenvalue weighted by atomic mass is 10.0. The maximum Gasteiger partial charge on any atom is 0.245 e. The summed E-state index contributed by atoms with van der Waals surface area (Å²) in [6, 6.07) is 9.45. The summed E-state index contributed by atoms with van der Waals surface area (Å²) in [4.78, 5) is 40.2. The second-order valence-corrected chi connectivity index (χ2v) is 11.6. The molecule has 1 fully saturated rings. The molecule has 3 aromatic rings. The molecule has 9 nitrogen and oxygen atoms in total. The molecule has 1 heterocycles. The minimum Gasteiger partial charge on any atom is -0.352 e. The summed E-state index contributed by atoms with van der Waals surface area (Å²) in [5.74, 6) is -2.13. The van der Waals surface area contributed by atoms with E-state index in [4.69, 9.17) is 0 Å². The number of aromatic nitrogens is 1. The van der Waals surface area contributed by atoms with Crippen molar-refractivity contribution < 1.29 is 27.2 Å². The van der Waals surface area contributed by atoms with Crippen LogP contribution in [0.1, 0.15) is 30.0 Å². The topological polar surface area (TPSA) is 134 Å². The van der Waals surface area contributed by atoms with Gasteiger partial charge >= 0.3 is 0 Å². The van der Waals surface area contributed by atoms with Crippen LogP contribution in [0.2, 0.25) is 0 Å². The lowest BCUT2D eigenvalue weighted by Crippen LogP contribution is -2.41. The average Bonchev–Trinajstić information content (AvgIpc) is 3.48. The van der Waals surface area contributed by atoms with E-state index in [1.165, 1.54) is 19.1 Å². The molecule has 1 atom stereocenters. The van der Waals surface area contributed by atoms with E-state index in [2.05, 4.69) is 20.9 Å². The molecule has 3 N–H and O–H groups in total. The summed E-state index contributed by atoms with van der Waals surface area (Å²) in [7, 11) is -3.94. The number of anilines is 1. The van der Waals surface area contributed by atoms with Crippen molar-refractivity contribution in [3.63, 3.8) is 0 Å². The van der Waals surface area contributed by atoms with Gasteiger partial charge in [-0.05, 0) is 36.6 Å². The van der Waals surface area contributed by atoms with E-state index >= 15 is 0 Å². The minimum absolute atomic E-state index is 0.0221. The zero-order valence-corrected chi connectivity index (χ0v) is 20.6. The van der Waals surface area contributed by atoms with Crippen molar-refractivity contribution in [2.75, 3.05) is 18.1 Å². The van der Waals surface area contributed by atoms with Crippen LogP contribution in [0.4, 0.5) is 10.1 Å². The molecule has 1 aliphatic rings. The van der Waals surface area contributed by atoms with Crippen LogP contribution in [0, 0.1) is 5.82 Å². The van der Waals surface area contributed by atoms with Crippen LogP contribution in [-0.2, 0) is 24.2 Å². The van der Waals surface area contributed by atoms with Gasteiger partial charge in [-0.2, -0.15) is 0 Å². The standard InChI is InChI=1S/C23H23FN4O5S2/c1-12(29)26-15-5-3-4-13(8-15)16-9-19-18(10-17(16)24)28-23(34-19)21(35(2,32)33)22(31)25-11-20(30)27-14-6-7-14/h3-5,8-10,14,21H,6-7,11H2,1-2H3,(H,25,31)(H,26,29)(H,27,30). The van der Waals surface area contributed by atoms with Gasteiger partial charge < -0.3 is 16.0 Å². The molecule has 1 aromatic heterocycles. The van der Waals surface area contributed by atoms with Crippen molar-refractivity contribution in [2.45, 2.75) is 31.1 Å². The van der Waals surface area contributed by atoms with Crippen LogP contribution in [0.3, 0.4) is 0 Å². The third-order valence-corrected chi connectivity index (χ3v) is 7.77. The van der Waals surface area contributed by atoms with Crippen LogP contribution >= 0.6 is 11.3 Å². The molecule has 1 unspecified atom stereocenters. The lowest BCUT2D eigenvalue weighted by molar-refractivity contribution is -0.126. The molecular weight excluding hydrogens is 495 g/mol. The number of halogens is 1. The smallest absolute Gasteiger partial charge is 0.245 e.